The lowest BCUT2D eigenvalue weighted by Crippen LogP contribution is -2.31. The fourth-order valence-corrected chi connectivity index (χ4v) is 2.98. The largest absolute Gasteiger partial charge is 0.394 e. The highest BCUT2D eigenvalue weighted by molar-refractivity contribution is 9.10. The molecule has 0 unspecified atom stereocenters. The van der Waals surface area contributed by atoms with Gasteiger partial charge in [0.25, 0.3) is 11.5 Å². The van der Waals surface area contributed by atoms with Gasteiger partial charge in [0, 0.05) is 16.9 Å². The first-order valence-electron chi connectivity index (χ1n) is 8.98. The van der Waals surface area contributed by atoms with E-state index in [4.69, 9.17) is 9.94 Å². The molecule has 8 nitrogen and oxygen atoms in total. The molecule has 31 heavy (non-hydrogen) atoms. The van der Waals surface area contributed by atoms with Crippen LogP contribution in [0.5, 0.6) is 0 Å². The lowest BCUT2D eigenvalue weighted by molar-refractivity contribution is 0.0168. The SMILES string of the molecule is O=C(NOCCO)c1cn(Cc2ccccn2)c(=O)c(F)c1Nc1ccc(Br)cc1F. The van der Waals surface area contributed by atoms with E-state index in [-0.39, 0.29) is 31.0 Å². The van der Waals surface area contributed by atoms with Gasteiger partial charge in [-0.05, 0) is 30.3 Å². The van der Waals surface area contributed by atoms with Crippen LogP contribution in [0.3, 0.4) is 0 Å². The summed E-state index contributed by atoms with van der Waals surface area (Å²) in [4.78, 5) is 34.0. The molecule has 0 spiro atoms. The molecular weight excluding hydrogens is 478 g/mol. The van der Waals surface area contributed by atoms with E-state index in [1.807, 2.05) is 5.48 Å². The smallest absolute Gasteiger partial charge is 0.289 e. The Labute approximate surface area is 183 Å². The molecule has 0 atom stereocenters. The predicted molar refractivity (Wildman–Crippen MR) is 112 cm³/mol. The van der Waals surface area contributed by atoms with Gasteiger partial charge in [0.15, 0.2) is 0 Å². The maximum absolute atomic E-state index is 15.1. The number of aliphatic hydroxyl groups excluding tert-OH is 1. The van der Waals surface area contributed by atoms with E-state index in [1.54, 1.807) is 18.2 Å². The van der Waals surface area contributed by atoms with Crippen LogP contribution >= 0.6 is 15.9 Å². The van der Waals surface area contributed by atoms with Gasteiger partial charge in [0.1, 0.15) is 5.82 Å². The molecule has 0 radical (unpaired) electrons. The molecule has 162 valence electrons. The van der Waals surface area contributed by atoms with Crippen molar-refractivity contribution >= 4 is 33.2 Å². The number of hydrogen-bond acceptors (Lipinski definition) is 6. The Hall–Kier alpha value is -3.15. The Balaban J connectivity index is 2.05. The maximum Gasteiger partial charge on any atom is 0.289 e. The molecule has 2 heterocycles. The second-order valence-corrected chi connectivity index (χ2v) is 7.15. The number of nitrogens with one attached hydrogen (secondary N) is 2. The van der Waals surface area contributed by atoms with Gasteiger partial charge in [-0.2, -0.15) is 4.39 Å². The minimum absolute atomic E-state index is 0.0959. The highest BCUT2D eigenvalue weighted by atomic mass is 79.9. The number of aromatic nitrogens is 2. The predicted octanol–water partition coefficient (Wildman–Crippen LogP) is 2.73. The number of hydroxylamine groups is 1. The summed E-state index contributed by atoms with van der Waals surface area (Å²) in [7, 11) is 0. The summed E-state index contributed by atoms with van der Waals surface area (Å²) in [6.45, 7) is -0.657. The van der Waals surface area contributed by atoms with Crippen LogP contribution in [0.1, 0.15) is 16.1 Å². The minimum atomic E-state index is -1.28. The summed E-state index contributed by atoms with van der Waals surface area (Å²) in [6.07, 6.45) is 2.64. The van der Waals surface area contributed by atoms with Crippen molar-refractivity contribution in [3.05, 3.63) is 86.5 Å². The number of halogens is 3. The van der Waals surface area contributed by atoms with Gasteiger partial charge in [-0.1, -0.05) is 22.0 Å². The molecule has 1 aromatic carbocycles. The molecule has 1 amide bonds. The van der Waals surface area contributed by atoms with E-state index in [0.717, 1.165) is 16.8 Å². The monoisotopic (exact) mass is 494 g/mol. The van der Waals surface area contributed by atoms with Crippen LogP contribution in [-0.2, 0) is 11.4 Å². The van der Waals surface area contributed by atoms with Crippen LogP contribution in [0.4, 0.5) is 20.2 Å². The lowest BCUT2D eigenvalue weighted by Gasteiger charge is -2.16. The number of anilines is 2. The van der Waals surface area contributed by atoms with Crippen molar-refractivity contribution in [2.75, 3.05) is 18.5 Å². The summed E-state index contributed by atoms with van der Waals surface area (Å²) in [6, 6.07) is 9.00. The van der Waals surface area contributed by atoms with Gasteiger partial charge < -0.3 is 15.0 Å². The summed E-state index contributed by atoms with van der Waals surface area (Å²) in [5.74, 6) is -2.91. The molecule has 0 saturated carbocycles. The highest BCUT2D eigenvalue weighted by Gasteiger charge is 2.22. The first-order chi connectivity index (χ1) is 14.9. The highest BCUT2D eigenvalue weighted by Crippen LogP contribution is 2.26. The number of amides is 1. The van der Waals surface area contributed by atoms with Gasteiger partial charge in [-0.25, -0.2) is 9.87 Å². The van der Waals surface area contributed by atoms with E-state index in [0.29, 0.717) is 10.2 Å². The first kappa shape index (κ1) is 22.5. The zero-order chi connectivity index (χ0) is 22.4. The average Bonchev–Trinajstić information content (AvgIpc) is 2.75. The van der Waals surface area contributed by atoms with Crippen molar-refractivity contribution in [3.8, 4) is 0 Å². The Kier molecular flexibility index (Phi) is 7.45. The van der Waals surface area contributed by atoms with Crippen LogP contribution in [0.25, 0.3) is 0 Å². The van der Waals surface area contributed by atoms with Gasteiger partial charge >= 0.3 is 0 Å². The van der Waals surface area contributed by atoms with E-state index in [2.05, 4.69) is 26.2 Å². The maximum atomic E-state index is 15.1. The fraction of sp³-hybridized carbons (Fsp3) is 0.150. The van der Waals surface area contributed by atoms with Gasteiger partial charge in [-0.15, -0.1) is 0 Å². The molecule has 0 aliphatic carbocycles. The molecule has 2 aromatic heterocycles. The Morgan fingerprint density at radius 3 is 2.74 bits per heavy atom. The number of rotatable bonds is 8. The number of carbonyl (C=O) groups is 1. The molecule has 0 aliphatic heterocycles. The Morgan fingerprint density at radius 2 is 2.06 bits per heavy atom. The van der Waals surface area contributed by atoms with Crippen molar-refractivity contribution in [1.82, 2.24) is 15.0 Å². The zero-order valence-corrected chi connectivity index (χ0v) is 17.5. The summed E-state index contributed by atoms with van der Waals surface area (Å²) < 4.78 is 30.7. The first-order valence-corrected chi connectivity index (χ1v) is 9.78. The van der Waals surface area contributed by atoms with Crippen LogP contribution in [0.15, 0.2) is 58.1 Å². The summed E-state index contributed by atoms with van der Waals surface area (Å²) >= 11 is 3.12. The number of carbonyl (C=O) groups excluding carboxylic acids is 1. The zero-order valence-electron chi connectivity index (χ0n) is 15.9. The van der Waals surface area contributed by atoms with Crippen LogP contribution in [0, 0.1) is 11.6 Å². The van der Waals surface area contributed by atoms with Gasteiger partial charge in [-0.3, -0.25) is 19.4 Å². The quantitative estimate of drug-likeness (QED) is 0.328. The lowest BCUT2D eigenvalue weighted by atomic mass is 10.2. The van der Waals surface area contributed by atoms with Gasteiger partial charge in [0.2, 0.25) is 5.82 Å². The molecule has 0 saturated heterocycles. The average molecular weight is 495 g/mol. The Bertz CT molecular complexity index is 1140. The third-order valence-corrected chi connectivity index (χ3v) is 4.57. The molecular formula is C20H17BrF2N4O4. The standard InChI is InChI=1S/C20H17BrF2N4O4/c21-12-4-5-16(15(22)9-12)25-18-14(19(29)26-31-8-7-28)11-27(20(30)17(18)23)10-13-3-1-2-6-24-13/h1-6,9,11,25,28H,7-8,10H2,(H,26,29). The van der Waals surface area contributed by atoms with Crippen LogP contribution in [-0.4, -0.2) is 33.8 Å². The Morgan fingerprint density at radius 1 is 1.26 bits per heavy atom. The van der Waals surface area contributed by atoms with Crippen molar-refractivity contribution < 1.29 is 23.5 Å². The molecule has 3 aromatic rings. The number of benzene rings is 1. The van der Waals surface area contributed by atoms with E-state index in [1.165, 1.54) is 18.3 Å². The third-order valence-electron chi connectivity index (χ3n) is 4.07. The third kappa shape index (κ3) is 5.51. The molecule has 0 aliphatic rings. The number of pyridine rings is 2. The topological polar surface area (TPSA) is 105 Å². The number of nitrogens with zero attached hydrogens (tertiary/aromatic N) is 2. The van der Waals surface area contributed by atoms with E-state index < -0.39 is 28.8 Å². The fourth-order valence-electron chi connectivity index (χ4n) is 2.65. The molecule has 0 fully saturated rings. The number of aliphatic hydroxyl groups is 1. The summed E-state index contributed by atoms with van der Waals surface area (Å²) in [5.41, 5.74) is 0.509. The summed E-state index contributed by atoms with van der Waals surface area (Å²) in [5, 5.41) is 11.3. The van der Waals surface area contributed by atoms with Crippen molar-refractivity contribution in [2.45, 2.75) is 6.54 Å². The molecule has 3 rings (SSSR count). The molecule has 3 N–H and O–H groups in total. The van der Waals surface area contributed by atoms with Crippen LogP contribution < -0.4 is 16.4 Å². The number of hydrogen-bond donors (Lipinski definition) is 3. The van der Waals surface area contributed by atoms with Crippen molar-refractivity contribution in [3.63, 3.8) is 0 Å². The van der Waals surface area contributed by atoms with Crippen molar-refractivity contribution in [2.24, 2.45) is 0 Å². The van der Waals surface area contributed by atoms with Crippen molar-refractivity contribution in [1.29, 1.82) is 0 Å². The second kappa shape index (κ2) is 10.2. The normalized spacial score (nSPS) is 10.7. The van der Waals surface area contributed by atoms with Crippen LogP contribution in [0.2, 0.25) is 0 Å². The molecule has 11 heteroatoms. The van der Waals surface area contributed by atoms with E-state index in [9.17, 15) is 14.0 Å². The van der Waals surface area contributed by atoms with Gasteiger partial charge in [0.05, 0.1) is 42.4 Å². The molecule has 0 bridgehead atoms. The minimum Gasteiger partial charge on any atom is -0.394 e. The second-order valence-electron chi connectivity index (χ2n) is 6.24. The van der Waals surface area contributed by atoms with E-state index >= 15 is 4.39 Å².